The first kappa shape index (κ1) is 13.9. The van der Waals surface area contributed by atoms with Crippen LogP contribution in [0.1, 0.15) is 5.56 Å². The van der Waals surface area contributed by atoms with Gasteiger partial charge in [-0.25, -0.2) is 0 Å². The Morgan fingerprint density at radius 3 is 2.76 bits per heavy atom. The smallest absolute Gasteiger partial charge is 0.182 e. The maximum atomic E-state index is 9.06. The van der Waals surface area contributed by atoms with Crippen molar-refractivity contribution in [1.82, 2.24) is 9.55 Å². The molecule has 1 heterocycles. The highest BCUT2D eigenvalue weighted by Crippen LogP contribution is 2.29. The number of hydrogen-bond donors (Lipinski definition) is 1. The highest BCUT2D eigenvalue weighted by Gasteiger charge is 2.09. The first-order chi connectivity index (χ1) is 10.1. The molecule has 21 heavy (non-hydrogen) atoms. The van der Waals surface area contributed by atoms with E-state index in [1.54, 1.807) is 13.2 Å². The molecule has 6 heteroatoms. The fourth-order valence-electron chi connectivity index (χ4n) is 2.22. The summed E-state index contributed by atoms with van der Waals surface area (Å²) in [6, 6.07) is 13.3. The summed E-state index contributed by atoms with van der Waals surface area (Å²) in [5.74, 6) is 0.753. The van der Waals surface area contributed by atoms with Crippen molar-refractivity contribution in [2.75, 3.05) is 7.11 Å². The standard InChI is InChI=1S/C15H10BrN3OS/c1-20-14-5-3-10(7-11(14)16)19-13-6-9(8-17)2-4-12(13)18-15(19)21/h2-7H,1H3,(H,18,21). The molecule has 1 aromatic heterocycles. The number of H-pyrrole nitrogens is 1. The van der Waals surface area contributed by atoms with E-state index in [-0.39, 0.29) is 0 Å². The molecule has 0 radical (unpaired) electrons. The van der Waals surface area contributed by atoms with Gasteiger partial charge in [0.25, 0.3) is 0 Å². The molecule has 0 saturated heterocycles. The van der Waals surface area contributed by atoms with E-state index in [4.69, 9.17) is 22.2 Å². The molecule has 4 nitrogen and oxygen atoms in total. The lowest BCUT2D eigenvalue weighted by Crippen LogP contribution is -1.95. The molecule has 2 aromatic carbocycles. The third-order valence-electron chi connectivity index (χ3n) is 3.21. The van der Waals surface area contributed by atoms with Gasteiger partial charge in [0.2, 0.25) is 0 Å². The van der Waals surface area contributed by atoms with Crippen molar-refractivity contribution in [1.29, 1.82) is 5.26 Å². The molecule has 104 valence electrons. The van der Waals surface area contributed by atoms with E-state index >= 15 is 0 Å². The fourth-order valence-corrected chi connectivity index (χ4v) is 3.07. The van der Waals surface area contributed by atoms with E-state index in [9.17, 15) is 0 Å². The van der Waals surface area contributed by atoms with E-state index in [1.165, 1.54) is 0 Å². The Balaban J connectivity index is 2.29. The number of aromatic amines is 1. The van der Waals surface area contributed by atoms with Gasteiger partial charge >= 0.3 is 0 Å². The van der Waals surface area contributed by atoms with E-state index < -0.39 is 0 Å². The van der Waals surface area contributed by atoms with Crippen molar-refractivity contribution in [2.24, 2.45) is 0 Å². The van der Waals surface area contributed by atoms with Crippen molar-refractivity contribution in [3.8, 4) is 17.5 Å². The maximum Gasteiger partial charge on any atom is 0.182 e. The zero-order valence-corrected chi connectivity index (χ0v) is 13.5. The van der Waals surface area contributed by atoms with Crippen LogP contribution in [0, 0.1) is 16.1 Å². The molecule has 0 aliphatic heterocycles. The maximum absolute atomic E-state index is 9.06. The highest BCUT2D eigenvalue weighted by atomic mass is 79.9. The number of nitriles is 1. The van der Waals surface area contributed by atoms with E-state index in [1.807, 2.05) is 34.9 Å². The number of nitrogens with zero attached hydrogens (tertiary/aromatic N) is 2. The van der Waals surface area contributed by atoms with Gasteiger partial charge in [-0.2, -0.15) is 5.26 Å². The minimum atomic E-state index is 0.581. The third kappa shape index (κ3) is 2.35. The Hall–Kier alpha value is -2.10. The Labute approximate surface area is 134 Å². The second-order valence-corrected chi connectivity index (χ2v) is 5.67. The minimum Gasteiger partial charge on any atom is -0.496 e. The van der Waals surface area contributed by atoms with Crippen LogP contribution in [0.3, 0.4) is 0 Å². The zero-order valence-electron chi connectivity index (χ0n) is 11.1. The van der Waals surface area contributed by atoms with Crippen molar-refractivity contribution in [2.45, 2.75) is 0 Å². The summed E-state index contributed by atoms with van der Waals surface area (Å²) < 4.78 is 8.56. The molecule has 0 unspecified atom stereocenters. The van der Waals surface area contributed by atoms with Crippen LogP contribution in [0.5, 0.6) is 5.75 Å². The van der Waals surface area contributed by atoms with Crippen molar-refractivity contribution < 1.29 is 4.74 Å². The summed E-state index contributed by atoms with van der Waals surface area (Å²) in [6.07, 6.45) is 0. The molecule has 0 spiro atoms. The number of ether oxygens (including phenoxy) is 1. The van der Waals surface area contributed by atoms with Gasteiger partial charge in [0.15, 0.2) is 4.77 Å². The molecule has 0 fully saturated rings. The number of hydrogen-bond acceptors (Lipinski definition) is 3. The lowest BCUT2D eigenvalue weighted by atomic mass is 10.2. The van der Waals surface area contributed by atoms with Gasteiger partial charge in [0.05, 0.1) is 34.2 Å². The van der Waals surface area contributed by atoms with Gasteiger partial charge in [0.1, 0.15) is 5.75 Å². The summed E-state index contributed by atoms with van der Waals surface area (Å²) in [5, 5.41) is 9.06. The van der Waals surface area contributed by atoms with Crippen LogP contribution >= 0.6 is 28.1 Å². The van der Waals surface area contributed by atoms with Crippen LogP contribution in [0.4, 0.5) is 0 Å². The van der Waals surface area contributed by atoms with Gasteiger partial charge < -0.3 is 9.72 Å². The molecule has 0 amide bonds. The summed E-state index contributed by atoms with van der Waals surface area (Å²) >= 11 is 8.87. The molecule has 3 aromatic rings. The Morgan fingerprint density at radius 2 is 2.10 bits per heavy atom. The van der Waals surface area contributed by atoms with Gasteiger partial charge in [-0.3, -0.25) is 4.57 Å². The van der Waals surface area contributed by atoms with Crippen LogP contribution in [0.25, 0.3) is 16.7 Å². The summed E-state index contributed by atoms with van der Waals surface area (Å²) in [4.78, 5) is 3.15. The number of nitrogens with one attached hydrogen (secondary N) is 1. The van der Waals surface area contributed by atoms with Gasteiger partial charge in [0, 0.05) is 5.69 Å². The average molecular weight is 360 g/mol. The number of imidazole rings is 1. The largest absolute Gasteiger partial charge is 0.496 e. The van der Waals surface area contributed by atoms with Crippen LogP contribution in [0.2, 0.25) is 0 Å². The highest BCUT2D eigenvalue weighted by molar-refractivity contribution is 9.10. The fraction of sp³-hybridized carbons (Fsp3) is 0.0667. The summed E-state index contributed by atoms with van der Waals surface area (Å²) in [5.41, 5.74) is 3.26. The normalized spacial score (nSPS) is 10.5. The topological polar surface area (TPSA) is 53.7 Å². The van der Waals surface area contributed by atoms with Crippen LogP contribution in [-0.4, -0.2) is 16.7 Å². The van der Waals surface area contributed by atoms with Crippen molar-refractivity contribution in [3.63, 3.8) is 0 Å². The molecule has 0 atom stereocenters. The average Bonchev–Trinajstić information content (AvgIpc) is 2.81. The van der Waals surface area contributed by atoms with Crippen LogP contribution in [0.15, 0.2) is 40.9 Å². The number of halogens is 1. The molecule has 0 aliphatic carbocycles. The second kappa shape index (κ2) is 5.35. The SMILES string of the molecule is COc1ccc(-n2c(=S)[nH]c3ccc(C#N)cc32)cc1Br. The zero-order chi connectivity index (χ0) is 15.0. The van der Waals surface area contributed by atoms with E-state index in [0.717, 1.165) is 26.9 Å². The Morgan fingerprint density at radius 1 is 1.29 bits per heavy atom. The number of rotatable bonds is 2. The summed E-state index contributed by atoms with van der Waals surface area (Å²) in [6.45, 7) is 0. The summed E-state index contributed by atoms with van der Waals surface area (Å²) in [7, 11) is 1.62. The molecular weight excluding hydrogens is 350 g/mol. The number of methoxy groups -OCH3 is 1. The predicted octanol–water partition coefficient (Wildman–Crippen LogP) is 4.33. The second-order valence-electron chi connectivity index (χ2n) is 4.43. The Kier molecular flexibility index (Phi) is 3.53. The lowest BCUT2D eigenvalue weighted by Gasteiger charge is -2.08. The Bertz CT molecular complexity index is 936. The number of benzene rings is 2. The first-order valence-electron chi connectivity index (χ1n) is 6.13. The van der Waals surface area contributed by atoms with E-state index in [2.05, 4.69) is 27.0 Å². The number of fused-ring (bicyclic) bond motifs is 1. The van der Waals surface area contributed by atoms with Crippen LogP contribution < -0.4 is 4.74 Å². The van der Waals surface area contributed by atoms with Crippen molar-refractivity contribution >= 4 is 39.2 Å². The quantitative estimate of drug-likeness (QED) is 0.692. The molecule has 1 N–H and O–H groups in total. The van der Waals surface area contributed by atoms with Crippen molar-refractivity contribution in [3.05, 3.63) is 51.2 Å². The van der Waals surface area contributed by atoms with Gasteiger partial charge in [-0.15, -0.1) is 0 Å². The van der Waals surface area contributed by atoms with Gasteiger partial charge in [-0.1, -0.05) is 0 Å². The van der Waals surface area contributed by atoms with Crippen LogP contribution in [-0.2, 0) is 0 Å². The lowest BCUT2D eigenvalue weighted by molar-refractivity contribution is 0.412. The molecule has 0 bridgehead atoms. The minimum absolute atomic E-state index is 0.581. The number of aromatic nitrogens is 2. The monoisotopic (exact) mass is 359 g/mol. The molecular formula is C15H10BrN3OS. The molecule has 3 rings (SSSR count). The third-order valence-corrected chi connectivity index (χ3v) is 4.11. The predicted molar refractivity (Wildman–Crippen MR) is 87.4 cm³/mol. The van der Waals surface area contributed by atoms with E-state index in [0.29, 0.717) is 10.3 Å². The first-order valence-corrected chi connectivity index (χ1v) is 7.33. The molecule has 0 aliphatic rings. The molecule has 0 saturated carbocycles. The van der Waals surface area contributed by atoms with Gasteiger partial charge in [-0.05, 0) is 64.5 Å².